The van der Waals surface area contributed by atoms with Gasteiger partial charge in [-0.1, -0.05) is 12.1 Å². The number of hydrogen-bond donors (Lipinski definition) is 1. The average molecular weight is 355 g/mol. The largest absolute Gasteiger partial charge is 0.483 e. The number of sulfonamides is 1. The molecule has 2 aromatic rings. The lowest BCUT2D eigenvalue weighted by molar-refractivity contribution is 0.0737. The van der Waals surface area contributed by atoms with E-state index in [1.54, 1.807) is 13.2 Å². The smallest absolute Gasteiger partial charge is 0.246 e. The van der Waals surface area contributed by atoms with Gasteiger partial charge in [0.05, 0.1) is 18.9 Å². The normalized spacial score (nSPS) is 22.0. The van der Waals surface area contributed by atoms with E-state index in [1.165, 1.54) is 29.9 Å². The number of ether oxygens (including phenoxy) is 1. The Bertz CT molecular complexity index is 832. The molecule has 1 N–H and O–H groups in total. The first-order valence-electron chi connectivity index (χ1n) is 7.37. The van der Waals surface area contributed by atoms with Gasteiger partial charge in [-0.15, -0.1) is 0 Å². The van der Waals surface area contributed by atoms with Gasteiger partial charge >= 0.3 is 0 Å². The number of aliphatic hydroxyl groups is 1. The van der Waals surface area contributed by atoms with Crippen molar-refractivity contribution in [2.24, 2.45) is 7.05 Å². The number of aliphatic hydroxyl groups excluding tert-OH is 1. The molecule has 130 valence electrons. The molecule has 2 atom stereocenters. The van der Waals surface area contributed by atoms with Crippen molar-refractivity contribution in [3.05, 3.63) is 42.0 Å². The van der Waals surface area contributed by atoms with Crippen LogP contribution >= 0.6 is 0 Å². The van der Waals surface area contributed by atoms with Crippen LogP contribution in [0.1, 0.15) is 5.56 Å². The van der Waals surface area contributed by atoms with Crippen LogP contribution in [0.4, 0.5) is 4.39 Å². The van der Waals surface area contributed by atoms with Crippen molar-refractivity contribution in [3.63, 3.8) is 0 Å². The minimum atomic E-state index is -4.06. The van der Waals surface area contributed by atoms with Crippen LogP contribution < -0.4 is 4.74 Å². The summed E-state index contributed by atoms with van der Waals surface area (Å²) < 4.78 is 47.7. The summed E-state index contributed by atoms with van der Waals surface area (Å²) in [7, 11) is -2.34. The van der Waals surface area contributed by atoms with Gasteiger partial charge in [0.1, 0.15) is 22.9 Å². The second kappa shape index (κ2) is 6.15. The Labute approximate surface area is 139 Å². The summed E-state index contributed by atoms with van der Waals surface area (Å²) >= 11 is 0. The number of rotatable bonds is 4. The molecule has 7 nitrogen and oxygen atoms in total. The minimum absolute atomic E-state index is 0.0633. The Morgan fingerprint density at radius 1 is 1.38 bits per heavy atom. The van der Waals surface area contributed by atoms with Crippen LogP contribution in [-0.2, 0) is 17.1 Å². The van der Waals surface area contributed by atoms with Crippen molar-refractivity contribution >= 4 is 10.0 Å². The van der Waals surface area contributed by atoms with E-state index >= 15 is 0 Å². The summed E-state index contributed by atoms with van der Waals surface area (Å²) in [5.41, 5.74) is 0.320. The van der Waals surface area contributed by atoms with Crippen LogP contribution in [-0.4, -0.2) is 52.9 Å². The molecule has 1 aliphatic rings. The highest BCUT2D eigenvalue weighted by Gasteiger charge is 2.41. The second-order valence-corrected chi connectivity index (χ2v) is 7.66. The lowest BCUT2D eigenvalue weighted by Gasteiger charge is -2.18. The number of nitrogens with zero attached hydrogens (tertiary/aromatic N) is 3. The van der Waals surface area contributed by atoms with Gasteiger partial charge in [0.15, 0.2) is 5.75 Å². The van der Waals surface area contributed by atoms with Gasteiger partial charge < -0.3 is 9.84 Å². The maximum atomic E-state index is 14.0. The molecule has 0 radical (unpaired) electrons. The Morgan fingerprint density at radius 2 is 2.12 bits per heavy atom. The summed E-state index contributed by atoms with van der Waals surface area (Å²) in [6, 6.07) is 4.10. The molecule has 9 heteroatoms. The van der Waals surface area contributed by atoms with Crippen LogP contribution in [0.2, 0.25) is 0 Å². The Kier molecular flexibility index (Phi) is 4.33. The lowest BCUT2D eigenvalue weighted by Crippen LogP contribution is -2.32. The van der Waals surface area contributed by atoms with Crippen molar-refractivity contribution in [2.45, 2.75) is 24.0 Å². The van der Waals surface area contributed by atoms with E-state index < -0.39 is 28.0 Å². The van der Waals surface area contributed by atoms with Crippen LogP contribution in [0.15, 0.2) is 35.5 Å². The van der Waals surface area contributed by atoms with Gasteiger partial charge in [0, 0.05) is 13.6 Å². The van der Waals surface area contributed by atoms with Gasteiger partial charge in [-0.3, -0.25) is 4.68 Å². The first-order valence-corrected chi connectivity index (χ1v) is 8.81. The number of benzene rings is 1. The standard InChI is InChI=1S/C15H18FN3O4S/c1-10-4-3-5-12(16)15(10)24(21,22)19-8-13(20)14(9-19)23-11-6-17-18(2)7-11/h3-7,13-14,20H,8-9H2,1-2H3/t13-,14-/m1/s1. The Morgan fingerprint density at radius 3 is 2.75 bits per heavy atom. The van der Waals surface area contributed by atoms with Crippen LogP contribution in [0.25, 0.3) is 0 Å². The maximum absolute atomic E-state index is 14.0. The van der Waals surface area contributed by atoms with Crippen molar-refractivity contribution in [1.29, 1.82) is 0 Å². The van der Waals surface area contributed by atoms with Crippen molar-refractivity contribution in [3.8, 4) is 5.75 Å². The number of hydrogen-bond acceptors (Lipinski definition) is 5. The highest BCUT2D eigenvalue weighted by atomic mass is 32.2. The molecular weight excluding hydrogens is 337 g/mol. The zero-order chi connectivity index (χ0) is 17.5. The number of aryl methyl sites for hydroxylation is 2. The lowest BCUT2D eigenvalue weighted by atomic mass is 10.2. The predicted molar refractivity (Wildman–Crippen MR) is 83.5 cm³/mol. The fourth-order valence-corrected chi connectivity index (χ4v) is 4.48. The molecule has 1 aromatic heterocycles. The van der Waals surface area contributed by atoms with E-state index in [0.717, 1.165) is 10.4 Å². The fourth-order valence-electron chi connectivity index (χ4n) is 2.74. The first kappa shape index (κ1) is 16.9. The van der Waals surface area contributed by atoms with Gasteiger partial charge in [-0.2, -0.15) is 9.40 Å². The zero-order valence-electron chi connectivity index (χ0n) is 13.3. The molecular formula is C15H18FN3O4S. The van der Waals surface area contributed by atoms with Crippen molar-refractivity contribution in [1.82, 2.24) is 14.1 Å². The molecule has 2 heterocycles. The third-order valence-electron chi connectivity index (χ3n) is 3.93. The minimum Gasteiger partial charge on any atom is -0.483 e. The molecule has 1 fully saturated rings. The summed E-state index contributed by atoms with van der Waals surface area (Å²) in [5, 5.41) is 14.1. The molecule has 0 spiro atoms. The van der Waals surface area contributed by atoms with Crippen molar-refractivity contribution < 1.29 is 22.7 Å². The second-order valence-electron chi connectivity index (χ2n) is 5.78. The molecule has 1 aromatic carbocycles. The molecule has 1 saturated heterocycles. The Balaban J connectivity index is 1.83. The van der Waals surface area contributed by atoms with E-state index in [2.05, 4.69) is 5.10 Å². The molecule has 0 amide bonds. The van der Waals surface area contributed by atoms with Crippen LogP contribution in [0, 0.1) is 12.7 Å². The molecule has 3 rings (SSSR count). The van der Waals surface area contributed by atoms with Gasteiger partial charge in [0.25, 0.3) is 0 Å². The number of aromatic nitrogens is 2. The van der Waals surface area contributed by atoms with E-state index in [-0.39, 0.29) is 18.0 Å². The molecule has 0 unspecified atom stereocenters. The van der Waals surface area contributed by atoms with E-state index in [4.69, 9.17) is 4.74 Å². The highest BCUT2D eigenvalue weighted by molar-refractivity contribution is 7.89. The third kappa shape index (κ3) is 3.02. The Hall–Kier alpha value is -1.97. The predicted octanol–water partition coefficient (Wildman–Crippen LogP) is 0.680. The van der Waals surface area contributed by atoms with Gasteiger partial charge in [-0.05, 0) is 18.6 Å². The molecule has 0 saturated carbocycles. The summed E-state index contributed by atoms with van der Waals surface area (Å²) in [6.07, 6.45) is 1.35. The SMILES string of the molecule is Cc1cccc(F)c1S(=O)(=O)N1C[C@@H](O)[C@H](Oc2cnn(C)c2)C1. The first-order chi connectivity index (χ1) is 11.3. The average Bonchev–Trinajstić information content (AvgIpc) is 3.06. The summed E-state index contributed by atoms with van der Waals surface area (Å²) in [4.78, 5) is -0.362. The van der Waals surface area contributed by atoms with E-state index in [0.29, 0.717) is 11.3 Å². The zero-order valence-corrected chi connectivity index (χ0v) is 14.1. The number of halogens is 1. The highest BCUT2D eigenvalue weighted by Crippen LogP contribution is 2.27. The van der Waals surface area contributed by atoms with E-state index in [9.17, 15) is 17.9 Å². The summed E-state index contributed by atoms with van der Waals surface area (Å²) in [5.74, 6) is -0.371. The third-order valence-corrected chi connectivity index (χ3v) is 5.94. The van der Waals surface area contributed by atoms with Crippen LogP contribution in [0.3, 0.4) is 0 Å². The van der Waals surface area contributed by atoms with Crippen LogP contribution in [0.5, 0.6) is 5.75 Å². The molecule has 0 aliphatic carbocycles. The topological polar surface area (TPSA) is 84.7 Å². The van der Waals surface area contributed by atoms with E-state index in [1.807, 2.05) is 0 Å². The summed E-state index contributed by atoms with van der Waals surface area (Å²) in [6.45, 7) is 1.32. The number of β-amino-alcohol motifs (C(OH)–C–C–N with tert-alkyl or cyclic N) is 1. The fraction of sp³-hybridized carbons (Fsp3) is 0.400. The monoisotopic (exact) mass is 355 g/mol. The quantitative estimate of drug-likeness (QED) is 0.872. The van der Waals surface area contributed by atoms with Crippen molar-refractivity contribution in [2.75, 3.05) is 13.1 Å². The molecule has 0 bridgehead atoms. The molecule has 1 aliphatic heterocycles. The van der Waals surface area contributed by atoms with Gasteiger partial charge in [0.2, 0.25) is 10.0 Å². The maximum Gasteiger partial charge on any atom is 0.246 e. The molecule has 24 heavy (non-hydrogen) atoms. The van der Waals surface area contributed by atoms with Gasteiger partial charge in [-0.25, -0.2) is 12.8 Å².